The van der Waals surface area contributed by atoms with Crippen molar-refractivity contribution in [3.8, 4) is 5.69 Å². The van der Waals surface area contributed by atoms with E-state index < -0.39 is 4.92 Å². The number of nitro groups is 1. The number of nitrogens with two attached hydrogens (primary N) is 1. The zero-order valence-corrected chi connectivity index (χ0v) is 13.4. The lowest BCUT2D eigenvalue weighted by Gasteiger charge is -2.22. The second-order valence-electron chi connectivity index (χ2n) is 6.41. The molecule has 0 spiro atoms. The number of nitro benzene ring substituents is 1. The SMILES string of the molecule is CC1(CN)CCN(C(=O)c2ccn(-c3cccc([N+](=O)[O-])c3)n2)C1. The van der Waals surface area contributed by atoms with E-state index in [9.17, 15) is 14.9 Å². The van der Waals surface area contributed by atoms with Crippen molar-refractivity contribution in [3.05, 3.63) is 52.3 Å². The Balaban J connectivity index is 1.80. The number of hydrogen-bond acceptors (Lipinski definition) is 5. The second kappa shape index (κ2) is 6.04. The Morgan fingerprint density at radius 2 is 2.25 bits per heavy atom. The molecule has 0 saturated carbocycles. The number of carbonyl (C=O) groups is 1. The Morgan fingerprint density at radius 3 is 2.92 bits per heavy atom. The Bertz CT molecular complexity index is 788. The van der Waals surface area contributed by atoms with Crippen molar-refractivity contribution in [1.29, 1.82) is 0 Å². The van der Waals surface area contributed by atoms with E-state index in [1.165, 1.54) is 16.8 Å². The molecule has 1 aliphatic rings. The fraction of sp³-hybridized carbons (Fsp3) is 0.375. The number of amides is 1. The third kappa shape index (κ3) is 3.00. The largest absolute Gasteiger partial charge is 0.337 e. The molecule has 1 atom stereocenters. The predicted molar refractivity (Wildman–Crippen MR) is 87.9 cm³/mol. The summed E-state index contributed by atoms with van der Waals surface area (Å²) < 4.78 is 1.47. The molecular weight excluding hydrogens is 310 g/mol. The van der Waals surface area contributed by atoms with Crippen LogP contribution in [0.1, 0.15) is 23.8 Å². The Kier molecular flexibility index (Phi) is 4.06. The normalized spacial score (nSPS) is 20.3. The summed E-state index contributed by atoms with van der Waals surface area (Å²) in [4.78, 5) is 24.7. The molecule has 0 aliphatic carbocycles. The van der Waals surface area contributed by atoms with Crippen LogP contribution < -0.4 is 5.73 Å². The van der Waals surface area contributed by atoms with E-state index in [4.69, 9.17) is 5.73 Å². The summed E-state index contributed by atoms with van der Waals surface area (Å²) in [6.07, 6.45) is 2.51. The minimum Gasteiger partial charge on any atom is -0.337 e. The minimum atomic E-state index is -0.461. The zero-order valence-electron chi connectivity index (χ0n) is 13.4. The molecule has 1 aliphatic heterocycles. The number of benzene rings is 1. The van der Waals surface area contributed by atoms with Crippen molar-refractivity contribution in [2.45, 2.75) is 13.3 Å². The van der Waals surface area contributed by atoms with Crippen LogP contribution in [-0.2, 0) is 0 Å². The van der Waals surface area contributed by atoms with E-state index in [0.717, 1.165) is 6.42 Å². The fourth-order valence-electron chi connectivity index (χ4n) is 2.86. The first-order valence-electron chi connectivity index (χ1n) is 7.72. The highest BCUT2D eigenvalue weighted by atomic mass is 16.6. The van der Waals surface area contributed by atoms with Crippen LogP contribution in [0.15, 0.2) is 36.5 Å². The summed E-state index contributed by atoms with van der Waals surface area (Å²) in [5, 5.41) is 15.1. The minimum absolute atomic E-state index is 0.0193. The van der Waals surface area contributed by atoms with Crippen LogP contribution in [0.2, 0.25) is 0 Å². The summed E-state index contributed by atoms with van der Waals surface area (Å²) >= 11 is 0. The van der Waals surface area contributed by atoms with Crippen LogP contribution in [0.25, 0.3) is 5.69 Å². The lowest BCUT2D eigenvalue weighted by atomic mass is 9.90. The molecule has 1 aromatic heterocycles. The van der Waals surface area contributed by atoms with Gasteiger partial charge in [-0.2, -0.15) is 5.10 Å². The highest BCUT2D eigenvalue weighted by Crippen LogP contribution is 2.29. The van der Waals surface area contributed by atoms with E-state index in [2.05, 4.69) is 12.0 Å². The second-order valence-corrected chi connectivity index (χ2v) is 6.41. The summed E-state index contributed by atoms with van der Waals surface area (Å²) in [6, 6.07) is 7.75. The summed E-state index contributed by atoms with van der Waals surface area (Å²) in [6.45, 7) is 3.89. The van der Waals surface area contributed by atoms with Gasteiger partial charge in [-0.3, -0.25) is 14.9 Å². The molecule has 1 unspecified atom stereocenters. The van der Waals surface area contributed by atoms with Crippen molar-refractivity contribution in [1.82, 2.24) is 14.7 Å². The first-order valence-corrected chi connectivity index (χ1v) is 7.72. The number of hydrogen-bond donors (Lipinski definition) is 1. The molecule has 2 heterocycles. The molecular formula is C16H19N5O3. The molecule has 8 nitrogen and oxygen atoms in total. The van der Waals surface area contributed by atoms with E-state index in [0.29, 0.717) is 31.0 Å². The van der Waals surface area contributed by atoms with Gasteiger partial charge in [-0.15, -0.1) is 0 Å². The molecule has 1 amide bonds. The van der Waals surface area contributed by atoms with Crippen molar-refractivity contribution >= 4 is 11.6 Å². The molecule has 24 heavy (non-hydrogen) atoms. The maximum absolute atomic E-state index is 12.6. The van der Waals surface area contributed by atoms with E-state index in [1.807, 2.05) is 0 Å². The molecule has 3 rings (SSSR count). The zero-order chi connectivity index (χ0) is 17.3. The summed E-state index contributed by atoms with van der Waals surface area (Å²) in [5.74, 6) is -0.142. The van der Waals surface area contributed by atoms with E-state index >= 15 is 0 Å². The number of non-ortho nitro benzene ring substituents is 1. The molecule has 2 aromatic rings. The van der Waals surface area contributed by atoms with Crippen LogP contribution in [0.5, 0.6) is 0 Å². The summed E-state index contributed by atoms with van der Waals surface area (Å²) in [7, 11) is 0. The Morgan fingerprint density at radius 1 is 1.46 bits per heavy atom. The summed E-state index contributed by atoms with van der Waals surface area (Å²) in [5.41, 5.74) is 6.57. The predicted octanol–water partition coefficient (Wildman–Crippen LogP) is 1.59. The van der Waals surface area contributed by atoms with Crippen molar-refractivity contribution in [2.24, 2.45) is 11.1 Å². The van der Waals surface area contributed by atoms with Gasteiger partial charge in [-0.05, 0) is 30.5 Å². The van der Waals surface area contributed by atoms with Crippen molar-refractivity contribution in [3.63, 3.8) is 0 Å². The Hall–Kier alpha value is -2.74. The number of likely N-dealkylation sites (tertiary alicyclic amines) is 1. The van der Waals surface area contributed by atoms with Crippen molar-refractivity contribution < 1.29 is 9.72 Å². The number of nitrogens with zero attached hydrogens (tertiary/aromatic N) is 4. The average Bonchev–Trinajstić information content (AvgIpc) is 3.22. The van der Waals surface area contributed by atoms with Crippen LogP contribution in [0.3, 0.4) is 0 Å². The van der Waals surface area contributed by atoms with Gasteiger partial charge in [-0.25, -0.2) is 4.68 Å². The van der Waals surface area contributed by atoms with Crippen LogP contribution in [-0.4, -0.2) is 45.1 Å². The van der Waals surface area contributed by atoms with Crippen LogP contribution in [0, 0.1) is 15.5 Å². The molecule has 0 bridgehead atoms. The standard InChI is InChI=1S/C16H19N5O3/c1-16(10-17)6-8-19(11-16)15(22)14-5-7-20(18-14)12-3-2-4-13(9-12)21(23)24/h2-5,7,9H,6,8,10-11,17H2,1H3. The average molecular weight is 329 g/mol. The topological polar surface area (TPSA) is 107 Å². The van der Waals surface area contributed by atoms with Gasteiger partial charge in [0.05, 0.1) is 10.6 Å². The first kappa shape index (κ1) is 16.1. The molecule has 126 valence electrons. The van der Waals surface area contributed by atoms with Gasteiger partial charge in [0.2, 0.25) is 0 Å². The highest BCUT2D eigenvalue weighted by Gasteiger charge is 2.35. The van der Waals surface area contributed by atoms with Gasteiger partial charge in [0.15, 0.2) is 5.69 Å². The third-order valence-electron chi connectivity index (χ3n) is 4.45. The fourth-order valence-corrected chi connectivity index (χ4v) is 2.86. The molecule has 1 aromatic carbocycles. The first-order chi connectivity index (χ1) is 11.4. The smallest absolute Gasteiger partial charge is 0.274 e. The molecule has 2 N–H and O–H groups in total. The quantitative estimate of drug-likeness (QED) is 0.677. The molecule has 0 radical (unpaired) electrons. The number of carbonyl (C=O) groups excluding carboxylic acids is 1. The van der Waals surface area contributed by atoms with Gasteiger partial charge in [0, 0.05) is 31.4 Å². The molecule has 1 saturated heterocycles. The van der Waals surface area contributed by atoms with Gasteiger partial charge in [0.1, 0.15) is 0 Å². The van der Waals surface area contributed by atoms with Crippen LogP contribution >= 0.6 is 0 Å². The Labute approximate surface area is 139 Å². The van der Waals surface area contributed by atoms with Crippen molar-refractivity contribution in [2.75, 3.05) is 19.6 Å². The highest BCUT2D eigenvalue weighted by molar-refractivity contribution is 5.92. The number of rotatable bonds is 4. The van der Waals surface area contributed by atoms with Gasteiger partial charge in [0.25, 0.3) is 11.6 Å². The third-order valence-corrected chi connectivity index (χ3v) is 4.45. The lowest BCUT2D eigenvalue weighted by molar-refractivity contribution is -0.384. The van der Waals surface area contributed by atoms with Gasteiger partial charge >= 0.3 is 0 Å². The maximum Gasteiger partial charge on any atom is 0.274 e. The van der Waals surface area contributed by atoms with Gasteiger partial charge in [-0.1, -0.05) is 13.0 Å². The van der Waals surface area contributed by atoms with E-state index in [1.54, 1.807) is 29.3 Å². The number of aromatic nitrogens is 2. The van der Waals surface area contributed by atoms with Gasteiger partial charge < -0.3 is 10.6 Å². The molecule has 1 fully saturated rings. The lowest BCUT2D eigenvalue weighted by Crippen LogP contribution is -2.34. The monoisotopic (exact) mass is 329 g/mol. The van der Waals surface area contributed by atoms with Crippen LogP contribution in [0.4, 0.5) is 5.69 Å². The maximum atomic E-state index is 12.6. The molecule has 8 heteroatoms. The van der Waals surface area contributed by atoms with E-state index in [-0.39, 0.29) is 17.0 Å².